The lowest BCUT2D eigenvalue weighted by molar-refractivity contribution is 0.222. The van der Waals surface area contributed by atoms with Crippen LogP contribution in [0.25, 0.3) is 5.69 Å². The Bertz CT molecular complexity index is 845. The number of aromatic nitrogens is 2. The molecule has 1 aliphatic heterocycles. The second-order valence-corrected chi connectivity index (χ2v) is 6.24. The number of carbonyl (C=O) groups excluding carboxylic acids is 1. The van der Waals surface area contributed by atoms with Gasteiger partial charge in [0.1, 0.15) is 0 Å². The first-order valence-corrected chi connectivity index (χ1v) is 8.51. The summed E-state index contributed by atoms with van der Waals surface area (Å²) in [5.41, 5.74) is 2.92. The molecular formula is C20H20N4O. The van der Waals surface area contributed by atoms with Gasteiger partial charge in [0.25, 0.3) is 0 Å². The molecule has 0 radical (unpaired) electrons. The van der Waals surface area contributed by atoms with Crippen LogP contribution in [-0.4, -0.2) is 33.8 Å². The topological polar surface area (TPSA) is 50.2 Å². The fourth-order valence-electron chi connectivity index (χ4n) is 3.33. The van der Waals surface area contributed by atoms with E-state index in [0.717, 1.165) is 30.9 Å². The molecule has 2 aromatic carbocycles. The van der Waals surface area contributed by atoms with E-state index in [-0.39, 0.29) is 6.03 Å². The van der Waals surface area contributed by atoms with Crippen molar-refractivity contribution in [2.45, 2.75) is 12.3 Å². The molecule has 1 aromatic heterocycles. The van der Waals surface area contributed by atoms with Gasteiger partial charge in [0.15, 0.2) is 0 Å². The van der Waals surface area contributed by atoms with Crippen molar-refractivity contribution in [3.8, 4) is 5.69 Å². The summed E-state index contributed by atoms with van der Waals surface area (Å²) in [6.07, 6.45) is 4.59. The molecule has 0 bridgehead atoms. The zero-order valence-corrected chi connectivity index (χ0v) is 13.9. The van der Waals surface area contributed by atoms with Crippen LogP contribution in [0.5, 0.6) is 0 Å². The van der Waals surface area contributed by atoms with Crippen LogP contribution in [0.4, 0.5) is 10.5 Å². The third-order valence-corrected chi connectivity index (χ3v) is 4.64. The first-order chi connectivity index (χ1) is 12.3. The Morgan fingerprint density at radius 2 is 1.84 bits per heavy atom. The Morgan fingerprint density at radius 3 is 2.64 bits per heavy atom. The average molecular weight is 332 g/mol. The van der Waals surface area contributed by atoms with Gasteiger partial charge in [0.05, 0.1) is 11.4 Å². The van der Waals surface area contributed by atoms with Crippen LogP contribution in [0.2, 0.25) is 0 Å². The van der Waals surface area contributed by atoms with E-state index < -0.39 is 0 Å². The van der Waals surface area contributed by atoms with E-state index in [1.165, 1.54) is 5.56 Å². The predicted octanol–water partition coefficient (Wildman–Crippen LogP) is 3.89. The Labute approximate surface area is 146 Å². The smallest absolute Gasteiger partial charge is 0.321 e. The Morgan fingerprint density at radius 1 is 1.04 bits per heavy atom. The van der Waals surface area contributed by atoms with Gasteiger partial charge in [-0.15, -0.1) is 0 Å². The van der Waals surface area contributed by atoms with E-state index in [9.17, 15) is 4.79 Å². The minimum atomic E-state index is -0.0574. The van der Waals surface area contributed by atoms with Gasteiger partial charge in [0.2, 0.25) is 0 Å². The molecule has 0 aliphatic carbocycles. The molecule has 4 rings (SSSR count). The average Bonchev–Trinajstić information content (AvgIpc) is 3.35. The van der Waals surface area contributed by atoms with Crippen molar-refractivity contribution in [2.24, 2.45) is 0 Å². The maximum atomic E-state index is 12.7. The Kier molecular flexibility index (Phi) is 4.21. The first-order valence-electron chi connectivity index (χ1n) is 8.51. The van der Waals surface area contributed by atoms with Crippen LogP contribution >= 0.6 is 0 Å². The third-order valence-electron chi connectivity index (χ3n) is 4.64. The van der Waals surface area contributed by atoms with E-state index in [2.05, 4.69) is 34.7 Å². The molecule has 2 heterocycles. The summed E-state index contributed by atoms with van der Waals surface area (Å²) >= 11 is 0. The highest BCUT2D eigenvalue weighted by Crippen LogP contribution is 2.28. The SMILES string of the molecule is O=C(Nc1ccccc1-n1cccn1)N1CCC(c2ccccc2)C1. The number of para-hydroxylation sites is 2. The van der Waals surface area contributed by atoms with Gasteiger partial charge in [-0.25, -0.2) is 9.48 Å². The van der Waals surface area contributed by atoms with Crippen LogP contribution in [0, 0.1) is 0 Å². The zero-order valence-electron chi connectivity index (χ0n) is 13.9. The van der Waals surface area contributed by atoms with Crippen molar-refractivity contribution in [2.75, 3.05) is 18.4 Å². The molecule has 126 valence electrons. The van der Waals surface area contributed by atoms with Crippen molar-refractivity contribution in [3.63, 3.8) is 0 Å². The van der Waals surface area contributed by atoms with E-state index in [1.807, 2.05) is 47.5 Å². The monoisotopic (exact) mass is 332 g/mol. The molecular weight excluding hydrogens is 312 g/mol. The highest BCUT2D eigenvalue weighted by Gasteiger charge is 2.27. The summed E-state index contributed by atoms with van der Waals surface area (Å²) < 4.78 is 1.76. The van der Waals surface area contributed by atoms with Crippen LogP contribution in [0.1, 0.15) is 17.9 Å². The third kappa shape index (κ3) is 3.26. The fourth-order valence-corrected chi connectivity index (χ4v) is 3.33. The van der Waals surface area contributed by atoms with Crippen LogP contribution < -0.4 is 5.32 Å². The molecule has 1 unspecified atom stereocenters. The lowest BCUT2D eigenvalue weighted by Gasteiger charge is -2.19. The van der Waals surface area contributed by atoms with Crippen LogP contribution in [-0.2, 0) is 0 Å². The van der Waals surface area contributed by atoms with Crippen LogP contribution in [0.3, 0.4) is 0 Å². The molecule has 25 heavy (non-hydrogen) atoms. The quantitative estimate of drug-likeness (QED) is 0.791. The van der Waals surface area contributed by atoms with Gasteiger partial charge in [-0.1, -0.05) is 42.5 Å². The minimum absolute atomic E-state index is 0.0574. The maximum Gasteiger partial charge on any atom is 0.321 e. The van der Waals surface area contributed by atoms with E-state index >= 15 is 0 Å². The molecule has 2 amide bonds. The normalized spacial score (nSPS) is 16.8. The minimum Gasteiger partial charge on any atom is -0.324 e. The van der Waals surface area contributed by atoms with E-state index in [0.29, 0.717) is 5.92 Å². The van der Waals surface area contributed by atoms with Gasteiger partial charge in [-0.3, -0.25) is 0 Å². The molecule has 3 aromatic rings. The standard InChI is InChI=1S/C20H20N4O/c25-20(23-14-11-17(15-23)16-7-2-1-3-8-16)22-18-9-4-5-10-19(18)24-13-6-12-21-24/h1-10,12-13,17H,11,14-15H2,(H,22,25). The summed E-state index contributed by atoms with van der Waals surface area (Å²) in [7, 11) is 0. The summed E-state index contributed by atoms with van der Waals surface area (Å²) in [5.74, 6) is 0.410. The number of rotatable bonds is 3. The summed E-state index contributed by atoms with van der Waals surface area (Å²) in [5, 5.41) is 7.29. The van der Waals surface area contributed by atoms with Gasteiger partial charge in [0, 0.05) is 31.4 Å². The molecule has 1 atom stereocenters. The first kappa shape index (κ1) is 15.4. The zero-order chi connectivity index (χ0) is 17.1. The van der Waals surface area contributed by atoms with Gasteiger partial charge >= 0.3 is 6.03 Å². The lowest BCUT2D eigenvalue weighted by Crippen LogP contribution is -2.33. The number of urea groups is 1. The molecule has 1 saturated heterocycles. The number of likely N-dealkylation sites (tertiary alicyclic amines) is 1. The fraction of sp³-hybridized carbons (Fsp3) is 0.200. The van der Waals surface area contributed by atoms with E-state index in [1.54, 1.807) is 10.9 Å². The molecule has 5 heteroatoms. The maximum absolute atomic E-state index is 12.7. The molecule has 0 spiro atoms. The molecule has 1 fully saturated rings. The lowest BCUT2D eigenvalue weighted by atomic mass is 9.99. The Hall–Kier alpha value is -3.08. The summed E-state index contributed by atoms with van der Waals surface area (Å²) in [6.45, 7) is 1.52. The largest absolute Gasteiger partial charge is 0.324 e. The molecule has 5 nitrogen and oxygen atoms in total. The number of carbonyl (C=O) groups is 1. The van der Waals surface area contributed by atoms with E-state index in [4.69, 9.17) is 0 Å². The predicted molar refractivity (Wildman–Crippen MR) is 98.0 cm³/mol. The molecule has 1 N–H and O–H groups in total. The van der Waals surface area contributed by atoms with Crippen LogP contribution in [0.15, 0.2) is 73.1 Å². The number of amides is 2. The number of hydrogen-bond acceptors (Lipinski definition) is 2. The number of benzene rings is 2. The second kappa shape index (κ2) is 6.81. The molecule has 1 aliphatic rings. The highest BCUT2D eigenvalue weighted by atomic mass is 16.2. The Balaban J connectivity index is 1.47. The molecule has 0 saturated carbocycles. The highest BCUT2D eigenvalue weighted by molar-refractivity contribution is 5.91. The van der Waals surface area contributed by atoms with Gasteiger partial charge in [-0.05, 0) is 30.2 Å². The van der Waals surface area contributed by atoms with Crippen molar-refractivity contribution in [1.29, 1.82) is 0 Å². The number of nitrogens with one attached hydrogen (secondary N) is 1. The number of hydrogen-bond donors (Lipinski definition) is 1. The number of anilines is 1. The van der Waals surface area contributed by atoms with Crippen molar-refractivity contribution in [3.05, 3.63) is 78.6 Å². The van der Waals surface area contributed by atoms with Gasteiger partial charge in [-0.2, -0.15) is 5.10 Å². The van der Waals surface area contributed by atoms with Crippen molar-refractivity contribution >= 4 is 11.7 Å². The second-order valence-electron chi connectivity index (χ2n) is 6.24. The summed E-state index contributed by atoms with van der Waals surface area (Å²) in [6, 6.07) is 19.9. The van der Waals surface area contributed by atoms with Crippen molar-refractivity contribution < 1.29 is 4.79 Å². The van der Waals surface area contributed by atoms with Crippen molar-refractivity contribution in [1.82, 2.24) is 14.7 Å². The number of nitrogens with zero attached hydrogens (tertiary/aromatic N) is 3. The summed E-state index contributed by atoms with van der Waals surface area (Å²) in [4.78, 5) is 14.6. The van der Waals surface area contributed by atoms with Gasteiger partial charge < -0.3 is 10.2 Å².